The summed E-state index contributed by atoms with van der Waals surface area (Å²) < 4.78 is 3.30. The second kappa shape index (κ2) is 5.65. The maximum atomic E-state index is 4.62. The summed E-state index contributed by atoms with van der Waals surface area (Å²) in [7, 11) is 2.08. The van der Waals surface area contributed by atoms with Gasteiger partial charge in [-0.2, -0.15) is 0 Å². The summed E-state index contributed by atoms with van der Waals surface area (Å²) in [5.74, 6) is 0. The van der Waals surface area contributed by atoms with Gasteiger partial charge in [0.15, 0.2) is 0 Å². The van der Waals surface area contributed by atoms with Gasteiger partial charge in [-0.15, -0.1) is 23.5 Å². The molecule has 2 aromatic rings. The van der Waals surface area contributed by atoms with Gasteiger partial charge in [-0.05, 0) is 24.1 Å². The highest BCUT2D eigenvalue weighted by molar-refractivity contribution is 8.38. The smallest absolute Gasteiger partial charge is 0.124 e. The number of fused-ring (bicyclic) bond motifs is 1. The van der Waals surface area contributed by atoms with Crippen LogP contribution in [0.4, 0.5) is 0 Å². The lowest BCUT2D eigenvalue weighted by Crippen LogP contribution is -1.86. The maximum Gasteiger partial charge on any atom is 0.124 e. The van der Waals surface area contributed by atoms with Crippen molar-refractivity contribution in [3.05, 3.63) is 36.0 Å². The molecule has 4 heteroatoms. The molecule has 0 aliphatic heterocycles. The third-order valence-corrected chi connectivity index (χ3v) is 4.66. The minimum Gasteiger partial charge on any atom is -0.350 e. The molecule has 0 spiro atoms. The molecule has 0 atom stereocenters. The monoisotopic (exact) mass is 264 g/mol. The van der Waals surface area contributed by atoms with Crippen LogP contribution in [0, 0.1) is 0 Å². The van der Waals surface area contributed by atoms with Gasteiger partial charge in [0.05, 0.1) is 6.54 Å². The molecule has 1 aromatic heterocycles. The van der Waals surface area contributed by atoms with Crippen molar-refractivity contribution < 1.29 is 0 Å². The van der Waals surface area contributed by atoms with Crippen LogP contribution in [-0.2, 0) is 13.6 Å². The molecule has 0 aliphatic rings. The van der Waals surface area contributed by atoms with Gasteiger partial charge in [0.1, 0.15) is 4.38 Å². The molecule has 2 nitrogen and oxygen atoms in total. The van der Waals surface area contributed by atoms with E-state index in [0.717, 1.165) is 10.9 Å². The standard InChI is InChI=1S/C13H16N2S2/c1-15-9-10(8-14-13(16-2)17-3)11-6-4-5-7-12(11)15/h4-7,9H,8H2,1-3H3. The van der Waals surface area contributed by atoms with Crippen LogP contribution in [0.15, 0.2) is 35.5 Å². The molecule has 0 saturated carbocycles. The zero-order valence-corrected chi connectivity index (χ0v) is 11.9. The van der Waals surface area contributed by atoms with Gasteiger partial charge in [-0.3, -0.25) is 4.99 Å². The van der Waals surface area contributed by atoms with E-state index >= 15 is 0 Å². The number of rotatable bonds is 2. The molecular formula is C13H16N2S2. The van der Waals surface area contributed by atoms with E-state index in [0.29, 0.717) is 0 Å². The van der Waals surface area contributed by atoms with Crippen molar-refractivity contribution >= 4 is 38.8 Å². The SMILES string of the molecule is CSC(=NCc1cn(C)c2ccccc12)SC. The van der Waals surface area contributed by atoms with Crippen LogP contribution in [0.25, 0.3) is 10.9 Å². The first kappa shape index (κ1) is 12.6. The Labute approximate surface area is 110 Å². The fraction of sp³-hybridized carbons (Fsp3) is 0.308. The van der Waals surface area contributed by atoms with Crippen molar-refractivity contribution in [1.82, 2.24) is 4.57 Å². The number of thioether (sulfide) groups is 2. The highest BCUT2D eigenvalue weighted by Gasteiger charge is 2.05. The van der Waals surface area contributed by atoms with Crippen LogP contribution in [0.2, 0.25) is 0 Å². The lowest BCUT2D eigenvalue weighted by atomic mass is 10.2. The van der Waals surface area contributed by atoms with Crippen LogP contribution in [0.3, 0.4) is 0 Å². The number of benzene rings is 1. The highest BCUT2D eigenvalue weighted by Crippen LogP contribution is 2.22. The summed E-state index contributed by atoms with van der Waals surface area (Å²) in [5.41, 5.74) is 2.57. The minimum absolute atomic E-state index is 0.762. The Balaban J connectivity index is 2.33. The normalized spacial score (nSPS) is 10.8. The molecule has 0 N–H and O–H groups in total. The molecule has 90 valence electrons. The molecule has 0 amide bonds. The molecule has 0 radical (unpaired) electrons. The summed E-state index contributed by atoms with van der Waals surface area (Å²) in [4.78, 5) is 4.62. The van der Waals surface area contributed by atoms with Gasteiger partial charge in [0, 0.05) is 24.1 Å². The third kappa shape index (κ3) is 2.69. The van der Waals surface area contributed by atoms with Crippen molar-refractivity contribution in [2.75, 3.05) is 12.5 Å². The largest absolute Gasteiger partial charge is 0.350 e. The minimum atomic E-state index is 0.762. The topological polar surface area (TPSA) is 17.3 Å². The Kier molecular flexibility index (Phi) is 4.18. The molecule has 0 aliphatic carbocycles. The molecule has 1 heterocycles. The van der Waals surface area contributed by atoms with Crippen molar-refractivity contribution in [3.8, 4) is 0 Å². The number of para-hydroxylation sites is 1. The number of nitrogens with zero attached hydrogens (tertiary/aromatic N) is 2. The second-order valence-corrected chi connectivity index (χ2v) is 5.62. The first-order valence-corrected chi connectivity index (χ1v) is 7.86. The molecule has 0 fully saturated rings. The first-order valence-electron chi connectivity index (χ1n) is 5.41. The molecule has 0 unspecified atom stereocenters. The molecule has 1 aromatic carbocycles. The lowest BCUT2D eigenvalue weighted by Gasteiger charge is -1.98. The first-order chi connectivity index (χ1) is 8.26. The van der Waals surface area contributed by atoms with E-state index < -0.39 is 0 Å². The third-order valence-electron chi connectivity index (χ3n) is 2.71. The van der Waals surface area contributed by atoms with Gasteiger partial charge in [-0.1, -0.05) is 18.2 Å². The summed E-state index contributed by atoms with van der Waals surface area (Å²) >= 11 is 3.42. The molecule has 17 heavy (non-hydrogen) atoms. The summed E-state index contributed by atoms with van der Waals surface area (Å²) in [6.45, 7) is 0.762. The van der Waals surface area contributed by atoms with E-state index in [1.807, 2.05) is 0 Å². The van der Waals surface area contributed by atoms with Crippen molar-refractivity contribution in [1.29, 1.82) is 0 Å². The Morgan fingerprint density at radius 2 is 1.94 bits per heavy atom. The quantitative estimate of drug-likeness (QED) is 0.607. The summed E-state index contributed by atoms with van der Waals surface area (Å²) in [6.07, 6.45) is 6.31. The predicted molar refractivity (Wildman–Crippen MR) is 81.1 cm³/mol. The predicted octanol–water partition coefficient (Wildman–Crippen LogP) is 3.76. The van der Waals surface area contributed by atoms with Crippen molar-refractivity contribution in [3.63, 3.8) is 0 Å². The van der Waals surface area contributed by atoms with E-state index in [1.165, 1.54) is 16.5 Å². The Hall–Kier alpha value is -0.870. The fourth-order valence-corrected chi connectivity index (χ4v) is 2.97. The van der Waals surface area contributed by atoms with E-state index in [4.69, 9.17) is 0 Å². The van der Waals surface area contributed by atoms with Crippen molar-refractivity contribution in [2.45, 2.75) is 6.54 Å². The van der Waals surface area contributed by atoms with E-state index in [2.05, 4.69) is 59.6 Å². The van der Waals surface area contributed by atoms with Crippen LogP contribution >= 0.6 is 23.5 Å². The fourth-order valence-electron chi connectivity index (χ4n) is 1.91. The Morgan fingerprint density at radius 1 is 1.24 bits per heavy atom. The molecule has 0 saturated heterocycles. The van der Waals surface area contributed by atoms with E-state index in [-0.39, 0.29) is 0 Å². The number of aromatic nitrogens is 1. The summed E-state index contributed by atoms with van der Waals surface area (Å²) in [5, 5.41) is 1.31. The Bertz CT molecular complexity index is 537. The van der Waals surface area contributed by atoms with Crippen LogP contribution < -0.4 is 0 Å². The van der Waals surface area contributed by atoms with E-state index in [9.17, 15) is 0 Å². The van der Waals surface area contributed by atoms with E-state index in [1.54, 1.807) is 23.5 Å². The number of hydrogen-bond donors (Lipinski definition) is 0. The molecule has 0 bridgehead atoms. The van der Waals surface area contributed by atoms with Crippen LogP contribution in [-0.4, -0.2) is 21.5 Å². The lowest BCUT2D eigenvalue weighted by molar-refractivity contribution is 0.950. The second-order valence-electron chi connectivity index (χ2n) is 3.77. The maximum absolute atomic E-state index is 4.62. The van der Waals surface area contributed by atoms with Gasteiger partial charge in [-0.25, -0.2) is 0 Å². The number of aliphatic imine (C=N–C) groups is 1. The summed E-state index contributed by atoms with van der Waals surface area (Å²) in [6, 6.07) is 8.47. The zero-order valence-electron chi connectivity index (χ0n) is 10.3. The Morgan fingerprint density at radius 3 is 2.65 bits per heavy atom. The molecule has 2 rings (SSSR count). The molecular weight excluding hydrogens is 248 g/mol. The number of aryl methyl sites for hydroxylation is 1. The number of hydrogen-bond acceptors (Lipinski definition) is 3. The van der Waals surface area contributed by atoms with Gasteiger partial charge >= 0.3 is 0 Å². The van der Waals surface area contributed by atoms with Crippen molar-refractivity contribution in [2.24, 2.45) is 12.0 Å². The van der Waals surface area contributed by atoms with Gasteiger partial charge in [0.2, 0.25) is 0 Å². The van der Waals surface area contributed by atoms with Crippen LogP contribution in [0.5, 0.6) is 0 Å². The average Bonchev–Trinajstić information content (AvgIpc) is 2.69. The van der Waals surface area contributed by atoms with Crippen LogP contribution in [0.1, 0.15) is 5.56 Å². The van der Waals surface area contributed by atoms with Gasteiger partial charge < -0.3 is 4.57 Å². The van der Waals surface area contributed by atoms with Gasteiger partial charge in [0.25, 0.3) is 0 Å². The zero-order chi connectivity index (χ0) is 12.3. The average molecular weight is 264 g/mol. The highest BCUT2D eigenvalue weighted by atomic mass is 32.2.